The van der Waals surface area contributed by atoms with Crippen molar-refractivity contribution in [3.63, 3.8) is 0 Å². The maximum absolute atomic E-state index is 11.2. The molecular formula is C10H14N2O2S. The summed E-state index contributed by atoms with van der Waals surface area (Å²) in [7, 11) is 1.35. The van der Waals surface area contributed by atoms with E-state index in [4.69, 9.17) is 0 Å². The number of pyridine rings is 1. The van der Waals surface area contributed by atoms with E-state index < -0.39 is 5.97 Å². The molecule has 0 fully saturated rings. The Morgan fingerprint density at radius 2 is 2.47 bits per heavy atom. The molecule has 0 aliphatic carbocycles. The number of nitrogens with one attached hydrogen (secondary N) is 1. The third-order valence-corrected chi connectivity index (χ3v) is 2.40. The second-order valence-corrected chi connectivity index (χ2v) is 3.83. The summed E-state index contributed by atoms with van der Waals surface area (Å²) in [5.41, 5.74) is 1.21. The molecular weight excluding hydrogens is 212 g/mol. The van der Waals surface area contributed by atoms with Crippen molar-refractivity contribution >= 4 is 23.4 Å². The van der Waals surface area contributed by atoms with Crippen LogP contribution in [0.15, 0.2) is 18.3 Å². The normalized spacial score (nSPS) is 9.73. The van der Waals surface area contributed by atoms with Crippen LogP contribution in [0.1, 0.15) is 10.5 Å². The highest BCUT2D eigenvalue weighted by atomic mass is 32.2. The summed E-state index contributed by atoms with van der Waals surface area (Å²) in [6.07, 6.45) is 3.64. The van der Waals surface area contributed by atoms with Crippen molar-refractivity contribution in [2.75, 3.05) is 31.0 Å². The molecule has 0 saturated heterocycles. The van der Waals surface area contributed by atoms with E-state index in [2.05, 4.69) is 15.0 Å². The van der Waals surface area contributed by atoms with Crippen LogP contribution >= 0.6 is 11.8 Å². The first-order valence-electron chi connectivity index (χ1n) is 4.55. The van der Waals surface area contributed by atoms with Gasteiger partial charge in [-0.3, -0.25) is 0 Å². The highest BCUT2D eigenvalue weighted by Crippen LogP contribution is 2.08. The summed E-state index contributed by atoms with van der Waals surface area (Å²) < 4.78 is 4.58. The molecule has 0 atom stereocenters. The Balaban J connectivity index is 2.62. The van der Waals surface area contributed by atoms with Gasteiger partial charge in [-0.25, -0.2) is 9.78 Å². The Kier molecular flexibility index (Phi) is 4.97. The summed E-state index contributed by atoms with van der Waals surface area (Å²) in [4.78, 5) is 15.1. The molecule has 1 rings (SSSR count). The van der Waals surface area contributed by atoms with Gasteiger partial charge in [-0.1, -0.05) is 0 Å². The van der Waals surface area contributed by atoms with E-state index in [1.807, 2.05) is 12.3 Å². The maximum atomic E-state index is 11.2. The monoisotopic (exact) mass is 226 g/mol. The maximum Gasteiger partial charge on any atom is 0.356 e. The summed E-state index contributed by atoms with van der Waals surface area (Å²) in [5.74, 6) is 0.610. The van der Waals surface area contributed by atoms with E-state index in [0.717, 1.165) is 18.0 Å². The van der Waals surface area contributed by atoms with Crippen LogP contribution in [0.5, 0.6) is 0 Å². The van der Waals surface area contributed by atoms with E-state index in [1.165, 1.54) is 7.11 Å². The topological polar surface area (TPSA) is 51.2 Å². The summed E-state index contributed by atoms with van der Waals surface area (Å²) in [5, 5.41) is 3.20. The fourth-order valence-electron chi connectivity index (χ4n) is 1.05. The van der Waals surface area contributed by atoms with Crippen molar-refractivity contribution in [2.24, 2.45) is 0 Å². The fourth-order valence-corrected chi connectivity index (χ4v) is 1.36. The number of ether oxygens (including phenoxy) is 1. The van der Waals surface area contributed by atoms with Crippen LogP contribution in [0.4, 0.5) is 5.69 Å². The Bertz CT molecular complexity index is 331. The lowest BCUT2D eigenvalue weighted by Crippen LogP contribution is -2.07. The number of hydrogen-bond acceptors (Lipinski definition) is 5. The van der Waals surface area contributed by atoms with Crippen molar-refractivity contribution in [2.45, 2.75) is 0 Å². The average Bonchev–Trinajstić information content (AvgIpc) is 2.29. The second-order valence-electron chi connectivity index (χ2n) is 2.84. The molecule has 0 amide bonds. The number of nitrogens with zero attached hydrogens (tertiary/aromatic N) is 1. The third-order valence-electron chi connectivity index (χ3n) is 1.79. The predicted octanol–water partition coefficient (Wildman–Crippen LogP) is 1.64. The van der Waals surface area contributed by atoms with E-state index in [0.29, 0.717) is 5.69 Å². The molecule has 0 bridgehead atoms. The zero-order valence-electron chi connectivity index (χ0n) is 8.82. The number of aromatic nitrogens is 1. The lowest BCUT2D eigenvalue weighted by molar-refractivity contribution is 0.0594. The fraction of sp³-hybridized carbons (Fsp3) is 0.400. The van der Waals surface area contributed by atoms with Crippen molar-refractivity contribution < 1.29 is 9.53 Å². The SMILES string of the molecule is COC(=O)c1cc(NCCSC)ccn1. The molecule has 0 aliphatic rings. The van der Waals surface area contributed by atoms with Gasteiger partial charge >= 0.3 is 5.97 Å². The Hall–Kier alpha value is -1.23. The van der Waals surface area contributed by atoms with Gasteiger partial charge in [-0.15, -0.1) is 0 Å². The first-order chi connectivity index (χ1) is 7.27. The van der Waals surface area contributed by atoms with Crippen LogP contribution in [-0.4, -0.2) is 36.6 Å². The van der Waals surface area contributed by atoms with Crippen LogP contribution < -0.4 is 5.32 Å². The quantitative estimate of drug-likeness (QED) is 0.611. The minimum absolute atomic E-state index is 0.326. The molecule has 82 valence electrons. The smallest absolute Gasteiger partial charge is 0.356 e. The Morgan fingerprint density at radius 1 is 1.67 bits per heavy atom. The lowest BCUT2D eigenvalue weighted by atomic mass is 10.3. The highest BCUT2D eigenvalue weighted by molar-refractivity contribution is 7.98. The van der Waals surface area contributed by atoms with E-state index in [-0.39, 0.29) is 0 Å². The van der Waals surface area contributed by atoms with Gasteiger partial charge in [0.15, 0.2) is 0 Å². The second kappa shape index (κ2) is 6.29. The predicted molar refractivity (Wildman–Crippen MR) is 62.4 cm³/mol. The van der Waals surface area contributed by atoms with Gasteiger partial charge in [0.25, 0.3) is 0 Å². The van der Waals surface area contributed by atoms with Crippen molar-refractivity contribution in [3.05, 3.63) is 24.0 Å². The zero-order chi connectivity index (χ0) is 11.1. The van der Waals surface area contributed by atoms with Gasteiger partial charge in [0.05, 0.1) is 7.11 Å². The third kappa shape index (κ3) is 3.79. The van der Waals surface area contributed by atoms with Crippen molar-refractivity contribution in [3.8, 4) is 0 Å². The number of carbonyl (C=O) groups is 1. The van der Waals surface area contributed by atoms with E-state index in [1.54, 1.807) is 24.0 Å². The number of thioether (sulfide) groups is 1. The minimum atomic E-state index is -0.413. The number of rotatable bonds is 5. The molecule has 1 aromatic heterocycles. The summed E-state index contributed by atoms with van der Waals surface area (Å²) in [6.45, 7) is 0.867. The largest absolute Gasteiger partial charge is 0.464 e. The molecule has 1 heterocycles. The van der Waals surface area contributed by atoms with Gasteiger partial charge in [0.1, 0.15) is 5.69 Å². The number of esters is 1. The Morgan fingerprint density at radius 3 is 3.13 bits per heavy atom. The molecule has 4 nitrogen and oxygen atoms in total. The van der Waals surface area contributed by atoms with Crippen LogP contribution in [0.2, 0.25) is 0 Å². The molecule has 1 N–H and O–H groups in total. The van der Waals surface area contributed by atoms with Gasteiger partial charge < -0.3 is 10.1 Å². The standard InChI is InChI=1S/C10H14N2O2S/c1-14-10(13)9-7-8(3-4-12-9)11-5-6-15-2/h3-4,7H,5-6H2,1-2H3,(H,11,12). The molecule has 0 radical (unpaired) electrons. The van der Waals surface area contributed by atoms with Crippen LogP contribution in [0, 0.1) is 0 Å². The van der Waals surface area contributed by atoms with Crippen molar-refractivity contribution in [1.29, 1.82) is 0 Å². The van der Waals surface area contributed by atoms with Gasteiger partial charge in [-0.05, 0) is 18.4 Å². The molecule has 5 heteroatoms. The number of hydrogen-bond donors (Lipinski definition) is 1. The van der Waals surface area contributed by atoms with Crippen LogP contribution in [0.3, 0.4) is 0 Å². The van der Waals surface area contributed by atoms with E-state index >= 15 is 0 Å². The molecule has 0 aromatic carbocycles. The van der Waals surface area contributed by atoms with Crippen molar-refractivity contribution in [1.82, 2.24) is 4.98 Å². The van der Waals surface area contributed by atoms with Gasteiger partial charge in [0, 0.05) is 24.2 Å². The number of carbonyl (C=O) groups excluding carboxylic acids is 1. The molecule has 1 aromatic rings. The molecule has 0 saturated carbocycles. The van der Waals surface area contributed by atoms with Gasteiger partial charge in [-0.2, -0.15) is 11.8 Å². The summed E-state index contributed by atoms with van der Waals surface area (Å²) in [6, 6.07) is 3.51. The molecule has 0 unspecified atom stereocenters. The minimum Gasteiger partial charge on any atom is -0.464 e. The first kappa shape index (κ1) is 11.8. The number of methoxy groups -OCH3 is 1. The first-order valence-corrected chi connectivity index (χ1v) is 5.94. The van der Waals surface area contributed by atoms with Crippen LogP contribution in [0.25, 0.3) is 0 Å². The average molecular weight is 226 g/mol. The molecule has 0 aliphatic heterocycles. The molecule has 0 spiro atoms. The molecule has 15 heavy (non-hydrogen) atoms. The van der Waals surface area contributed by atoms with Gasteiger partial charge in [0.2, 0.25) is 0 Å². The summed E-state index contributed by atoms with van der Waals surface area (Å²) >= 11 is 1.77. The Labute approximate surface area is 93.4 Å². The lowest BCUT2D eigenvalue weighted by Gasteiger charge is -2.05. The highest BCUT2D eigenvalue weighted by Gasteiger charge is 2.06. The zero-order valence-corrected chi connectivity index (χ0v) is 9.63. The van der Waals surface area contributed by atoms with E-state index in [9.17, 15) is 4.79 Å². The number of anilines is 1. The van der Waals surface area contributed by atoms with Crippen LogP contribution in [-0.2, 0) is 4.74 Å².